The van der Waals surface area contributed by atoms with Crippen LogP contribution >= 0.6 is 11.8 Å². The topological polar surface area (TPSA) is 49.9 Å². The number of carbonyl (C=O) groups is 1. The van der Waals surface area contributed by atoms with Crippen molar-refractivity contribution in [3.63, 3.8) is 0 Å². The number of aromatic amines is 1. The Morgan fingerprint density at radius 3 is 2.74 bits per heavy atom. The molecular weight excluding hydrogens is 279 g/mol. The highest BCUT2D eigenvalue weighted by Crippen LogP contribution is 2.26. The van der Waals surface area contributed by atoms with Crippen molar-refractivity contribution < 1.29 is 18.0 Å². The summed E-state index contributed by atoms with van der Waals surface area (Å²) in [6, 6.07) is 0.799. The monoisotopic (exact) mass is 291 g/mol. The molecule has 0 bridgehead atoms. The highest BCUT2D eigenvalue weighted by atomic mass is 32.2. The molecule has 1 aromatic rings. The zero-order valence-electron chi connectivity index (χ0n) is 10.1. The lowest BCUT2D eigenvalue weighted by Gasteiger charge is -2.05. The number of hydrogen-bond donors (Lipinski definition) is 1. The van der Waals surface area contributed by atoms with Gasteiger partial charge in [0.05, 0.1) is 0 Å². The average Bonchev–Trinajstić information content (AvgIpc) is 2.28. The molecule has 3 nitrogen and oxygen atoms in total. The van der Waals surface area contributed by atoms with E-state index in [1.54, 1.807) is 6.08 Å². The molecule has 0 amide bonds. The molecule has 0 unspecified atom stereocenters. The van der Waals surface area contributed by atoms with Crippen LogP contribution in [0, 0.1) is 0 Å². The molecule has 0 fully saturated rings. The summed E-state index contributed by atoms with van der Waals surface area (Å²) < 4.78 is 37.4. The van der Waals surface area contributed by atoms with Gasteiger partial charge in [0.25, 0.3) is 5.56 Å². The number of allylic oxidation sites excluding steroid dienone is 1. The lowest BCUT2D eigenvalue weighted by molar-refractivity contribution is -0.138. The summed E-state index contributed by atoms with van der Waals surface area (Å²) in [5, 5.41) is -0.00296. The Hall–Kier alpha value is -1.50. The summed E-state index contributed by atoms with van der Waals surface area (Å²) in [6.07, 6.45) is 0.244. The first kappa shape index (κ1) is 15.6. The van der Waals surface area contributed by atoms with Gasteiger partial charge in [-0.3, -0.25) is 9.59 Å². The summed E-state index contributed by atoms with van der Waals surface area (Å²) in [5.41, 5.74) is -2.11. The molecule has 0 saturated heterocycles. The van der Waals surface area contributed by atoms with E-state index < -0.39 is 17.3 Å². The molecule has 104 valence electrons. The molecule has 0 spiro atoms. The third-order valence-corrected chi connectivity index (χ3v) is 2.98. The van der Waals surface area contributed by atoms with Gasteiger partial charge in [-0.2, -0.15) is 13.2 Å². The number of nitrogens with one attached hydrogen (secondary N) is 1. The number of rotatable bonds is 4. The number of H-pyrrole nitrogens is 1. The molecule has 1 heterocycles. The molecular formula is C12H12F3NO2S. The van der Waals surface area contributed by atoms with E-state index in [0.29, 0.717) is 12.2 Å². The van der Waals surface area contributed by atoms with Crippen LogP contribution in [-0.4, -0.2) is 15.9 Å². The fraction of sp³-hybridized carbons (Fsp3) is 0.333. The molecule has 0 radical (unpaired) electrons. The van der Waals surface area contributed by atoms with Crippen molar-refractivity contribution in [3.05, 3.63) is 39.8 Å². The van der Waals surface area contributed by atoms with E-state index in [1.165, 1.54) is 19.2 Å². The minimum absolute atomic E-state index is 0.00296. The predicted molar refractivity (Wildman–Crippen MR) is 68.9 cm³/mol. The van der Waals surface area contributed by atoms with E-state index in [9.17, 15) is 22.8 Å². The smallest absolute Gasteiger partial charge is 0.328 e. The van der Waals surface area contributed by atoms with E-state index in [4.69, 9.17) is 0 Å². The van der Waals surface area contributed by atoms with Gasteiger partial charge >= 0.3 is 6.18 Å². The highest BCUT2D eigenvalue weighted by Gasteiger charge is 2.33. The summed E-state index contributed by atoms with van der Waals surface area (Å²) in [4.78, 5) is 23.7. The number of hydrogen-bond acceptors (Lipinski definition) is 3. The molecule has 0 aliphatic heterocycles. The van der Waals surface area contributed by atoms with Crippen molar-refractivity contribution in [3.8, 4) is 0 Å². The predicted octanol–water partition coefficient (Wildman–Crippen LogP) is 3.08. The van der Waals surface area contributed by atoms with Crippen LogP contribution < -0.4 is 5.56 Å². The van der Waals surface area contributed by atoms with Crippen LogP contribution in [0.15, 0.2) is 23.1 Å². The van der Waals surface area contributed by atoms with Crippen LogP contribution in [0.25, 0.3) is 6.08 Å². The van der Waals surface area contributed by atoms with E-state index in [2.05, 4.69) is 0 Å². The third kappa shape index (κ3) is 5.34. The largest absolute Gasteiger partial charge is 0.421 e. The summed E-state index contributed by atoms with van der Waals surface area (Å²) >= 11 is 1.15. The van der Waals surface area contributed by atoms with E-state index in [-0.39, 0.29) is 10.7 Å². The van der Waals surface area contributed by atoms with Crippen LogP contribution in [0.5, 0.6) is 0 Å². The Bertz CT molecular complexity index is 535. The van der Waals surface area contributed by atoms with E-state index in [1.807, 2.05) is 4.98 Å². The Balaban J connectivity index is 2.72. The molecule has 0 atom stereocenters. The summed E-state index contributed by atoms with van der Waals surface area (Å²) in [6.45, 7) is 1.45. The first-order chi connectivity index (χ1) is 8.80. The Labute approximate surface area is 111 Å². The molecule has 1 aromatic heterocycles. The molecule has 7 heteroatoms. The van der Waals surface area contributed by atoms with Crippen LogP contribution in [0.3, 0.4) is 0 Å². The zero-order valence-corrected chi connectivity index (χ0v) is 10.9. The van der Waals surface area contributed by atoms with E-state index in [0.717, 1.165) is 17.8 Å². The van der Waals surface area contributed by atoms with Gasteiger partial charge in [-0.25, -0.2) is 0 Å². The minimum Gasteiger partial charge on any atom is -0.328 e. The second kappa shape index (κ2) is 6.60. The minimum atomic E-state index is -4.66. The standard InChI is InChI=1S/C12H12F3NO2S/c1-8(17)19-5-3-2-4-9-6-10(12(13,14)15)11(18)16-7-9/h2,4,6-7H,3,5H2,1H3,(H,16,18). The maximum atomic E-state index is 12.5. The first-order valence-corrected chi connectivity index (χ1v) is 6.39. The zero-order chi connectivity index (χ0) is 14.5. The fourth-order valence-corrected chi connectivity index (χ4v) is 1.84. The number of aromatic nitrogens is 1. The number of halogens is 3. The lowest BCUT2D eigenvalue weighted by Crippen LogP contribution is -2.21. The highest BCUT2D eigenvalue weighted by molar-refractivity contribution is 8.13. The number of pyridine rings is 1. The normalized spacial score (nSPS) is 12.0. The van der Waals surface area contributed by atoms with Gasteiger partial charge in [0.1, 0.15) is 5.56 Å². The molecule has 1 N–H and O–H groups in total. The summed E-state index contributed by atoms with van der Waals surface area (Å²) in [7, 11) is 0. The van der Waals surface area contributed by atoms with Gasteiger partial charge in [0.2, 0.25) is 0 Å². The van der Waals surface area contributed by atoms with Gasteiger partial charge in [-0.1, -0.05) is 23.9 Å². The third-order valence-electron chi connectivity index (χ3n) is 2.13. The number of thioether (sulfide) groups is 1. The maximum absolute atomic E-state index is 12.5. The van der Waals surface area contributed by atoms with Gasteiger partial charge < -0.3 is 4.98 Å². The Morgan fingerprint density at radius 2 is 2.16 bits per heavy atom. The quantitative estimate of drug-likeness (QED) is 0.867. The molecule has 0 aliphatic carbocycles. The SMILES string of the molecule is CC(=O)SCCC=Cc1c[nH]c(=O)c(C(F)(F)F)c1. The fourth-order valence-electron chi connectivity index (χ4n) is 1.30. The molecule has 1 rings (SSSR count). The number of alkyl halides is 3. The van der Waals surface area contributed by atoms with Crippen molar-refractivity contribution in [2.75, 3.05) is 5.75 Å². The van der Waals surface area contributed by atoms with Crippen molar-refractivity contribution in [2.24, 2.45) is 0 Å². The first-order valence-electron chi connectivity index (χ1n) is 5.40. The lowest BCUT2D eigenvalue weighted by atomic mass is 10.2. The van der Waals surface area contributed by atoms with Crippen LogP contribution in [0.4, 0.5) is 13.2 Å². The van der Waals surface area contributed by atoms with Gasteiger partial charge in [-0.05, 0) is 18.1 Å². The van der Waals surface area contributed by atoms with Gasteiger partial charge in [0.15, 0.2) is 5.12 Å². The van der Waals surface area contributed by atoms with Crippen molar-refractivity contribution in [1.29, 1.82) is 0 Å². The average molecular weight is 291 g/mol. The summed E-state index contributed by atoms with van der Waals surface area (Å²) in [5.74, 6) is 0.571. The van der Waals surface area contributed by atoms with Crippen molar-refractivity contribution >= 4 is 23.0 Å². The Kier molecular flexibility index (Phi) is 5.41. The number of carbonyl (C=O) groups excluding carboxylic acids is 1. The Morgan fingerprint density at radius 1 is 1.47 bits per heavy atom. The van der Waals surface area contributed by atoms with Crippen LogP contribution in [0.1, 0.15) is 24.5 Å². The molecule has 0 saturated carbocycles. The van der Waals surface area contributed by atoms with Crippen molar-refractivity contribution in [1.82, 2.24) is 4.98 Å². The maximum Gasteiger partial charge on any atom is 0.421 e. The van der Waals surface area contributed by atoms with Gasteiger partial charge in [0, 0.05) is 18.9 Å². The molecule has 0 aromatic carbocycles. The second-order valence-corrected chi connectivity index (χ2v) is 4.98. The van der Waals surface area contributed by atoms with Crippen molar-refractivity contribution in [2.45, 2.75) is 19.5 Å². The molecule has 19 heavy (non-hydrogen) atoms. The van der Waals surface area contributed by atoms with Gasteiger partial charge in [-0.15, -0.1) is 0 Å². The van der Waals surface area contributed by atoms with Crippen LogP contribution in [-0.2, 0) is 11.0 Å². The van der Waals surface area contributed by atoms with Crippen LogP contribution in [0.2, 0.25) is 0 Å². The molecule has 0 aliphatic rings. The second-order valence-electron chi connectivity index (χ2n) is 3.70. The van der Waals surface area contributed by atoms with E-state index >= 15 is 0 Å².